The quantitative estimate of drug-likeness (QED) is 0.704. The van der Waals surface area contributed by atoms with Crippen LogP contribution in [-0.2, 0) is 29.0 Å². The fraction of sp³-hybridized carbons (Fsp3) is 0.812. The molecule has 2 aliphatic heterocycles. The SMILES string of the molecule is COCC(=O)N1CCN(CCCn2nc3n(c2=O)CCCC3)CC1. The number of aryl methyl sites for hydroxylation is 2. The largest absolute Gasteiger partial charge is 0.375 e. The van der Waals surface area contributed by atoms with E-state index in [4.69, 9.17) is 4.74 Å². The monoisotopic (exact) mass is 337 g/mol. The average Bonchev–Trinajstić information content (AvgIpc) is 2.92. The van der Waals surface area contributed by atoms with E-state index in [1.165, 1.54) is 0 Å². The Morgan fingerprint density at radius 1 is 1.12 bits per heavy atom. The summed E-state index contributed by atoms with van der Waals surface area (Å²) in [6.45, 7) is 5.83. The molecule has 1 aromatic heterocycles. The van der Waals surface area contributed by atoms with E-state index < -0.39 is 0 Å². The van der Waals surface area contributed by atoms with Gasteiger partial charge in [-0.2, -0.15) is 5.10 Å². The molecule has 3 heterocycles. The number of piperazine rings is 1. The van der Waals surface area contributed by atoms with Crippen LogP contribution < -0.4 is 5.69 Å². The van der Waals surface area contributed by atoms with E-state index in [1.54, 1.807) is 11.8 Å². The van der Waals surface area contributed by atoms with Crippen molar-refractivity contribution in [3.05, 3.63) is 16.3 Å². The van der Waals surface area contributed by atoms with Gasteiger partial charge in [-0.15, -0.1) is 0 Å². The van der Waals surface area contributed by atoms with Gasteiger partial charge < -0.3 is 9.64 Å². The molecule has 0 radical (unpaired) electrons. The maximum Gasteiger partial charge on any atom is 0.345 e. The van der Waals surface area contributed by atoms with E-state index in [-0.39, 0.29) is 18.2 Å². The molecule has 0 saturated carbocycles. The fourth-order valence-electron chi connectivity index (χ4n) is 3.47. The number of aromatic nitrogens is 3. The van der Waals surface area contributed by atoms with Crippen LogP contribution in [0.5, 0.6) is 0 Å². The van der Waals surface area contributed by atoms with E-state index in [0.717, 1.165) is 70.8 Å². The van der Waals surface area contributed by atoms with Gasteiger partial charge in [0, 0.05) is 59.3 Å². The second kappa shape index (κ2) is 7.94. The van der Waals surface area contributed by atoms with Crippen LogP contribution in [-0.4, -0.2) is 76.5 Å². The highest BCUT2D eigenvalue weighted by Crippen LogP contribution is 2.09. The van der Waals surface area contributed by atoms with Crippen LogP contribution >= 0.6 is 0 Å². The maximum atomic E-state index is 12.3. The van der Waals surface area contributed by atoms with E-state index in [0.29, 0.717) is 6.54 Å². The van der Waals surface area contributed by atoms with Gasteiger partial charge in [0.05, 0.1) is 0 Å². The third-order valence-electron chi connectivity index (χ3n) is 4.87. The zero-order valence-corrected chi connectivity index (χ0v) is 14.4. The molecule has 1 amide bonds. The zero-order chi connectivity index (χ0) is 16.9. The van der Waals surface area contributed by atoms with Gasteiger partial charge in [0.15, 0.2) is 0 Å². The van der Waals surface area contributed by atoms with Crippen molar-refractivity contribution in [1.82, 2.24) is 24.1 Å². The highest BCUT2D eigenvalue weighted by Gasteiger charge is 2.21. The molecular weight excluding hydrogens is 310 g/mol. The molecule has 2 aliphatic rings. The summed E-state index contributed by atoms with van der Waals surface area (Å²) in [6, 6.07) is 0. The molecule has 3 rings (SSSR count). The predicted molar refractivity (Wildman–Crippen MR) is 88.9 cm³/mol. The summed E-state index contributed by atoms with van der Waals surface area (Å²) in [4.78, 5) is 28.2. The van der Waals surface area contributed by atoms with Gasteiger partial charge in [0.2, 0.25) is 5.91 Å². The number of fused-ring (bicyclic) bond motifs is 1. The van der Waals surface area contributed by atoms with Crippen LogP contribution in [0, 0.1) is 0 Å². The van der Waals surface area contributed by atoms with Crippen LogP contribution in [0.15, 0.2) is 4.79 Å². The third kappa shape index (κ3) is 3.87. The fourth-order valence-corrected chi connectivity index (χ4v) is 3.47. The Hall–Kier alpha value is -1.67. The highest BCUT2D eigenvalue weighted by molar-refractivity contribution is 5.77. The topological polar surface area (TPSA) is 72.6 Å². The third-order valence-corrected chi connectivity index (χ3v) is 4.87. The summed E-state index contributed by atoms with van der Waals surface area (Å²) < 4.78 is 8.34. The van der Waals surface area contributed by atoms with Crippen molar-refractivity contribution in [3.8, 4) is 0 Å². The Bertz CT molecular complexity index is 616. The van der Waals surface area contributed by atoms with Crippen LogP contribution in [0.2, 0.25) is 0 Å². The van der Waals surface area contributed by atoms with Gasteiger partial charge in [-0.25, -0.2) is 9.48 Å². The molecule has 0 atom stereocenters. The molecule has 0 spiro atoms. The standard InChI is InChI=1S/C16H27N5O3/c1-24-13-15(22)19-11-9-18(10-12-19)6-4-8-21-16(23)20-7-3-2-5-14(20)17-21/h2-13H2,1H3. The Morgan fingerprint density at radius 3 is 2.62 bits per heavy atom. The number of ether oxygens (including phenoxy) is 1. The number of nitrogens with zero attached hydrogens (tertiary/aromatic N) is 5. The van der Waals surface area contributed by atoms with Gasteiger partial charge in [-0.05, 0) is 19.3 Å². The first-order chi connectivity index (χ1) is 11.7. The summed E-state index contributed by atoms with van der Waals surface area (Å²) in [5.41, 5.74) is 0.0414. The van der Waals surface area contributed by atoms with Crippen LogP contribution in [0.1, 0.15) is 25.1 Å². The van der Waals surface area contributed by atoms with E-state index in [1.807, 2.05) is 9.47 Å². The first-order valence-corrected chi connectivity index (χ1v) is 8.84. The number of carbonyl (C=O) groups excluding carboxylic acids is 1. The Kier molecular flexibility index (Phi) is 5.68. The summed E-state index contributed by atoms with van der Waals surface area (Å²) in [6.07, 6.45) is 4.02. The number of amides is 1. The molecule has 24 heavy (non-hydrogen) atoms. The number of carbonyl (C=O) groups is 1. The molecule has 8 nitrogen and oxygen atoms in total. The average molecular weight is 337 g/mol. The Labute approximate surface area is 142 Å². The highest BCUT2D eigenvalue weighted by atomic mass is 16.5. The molecule has 0 bridgehead atoms. The van der Waals surface area contributed by atoms with Crippen molar-refractivity contribution in [2.45, 2.75) is 38.8 Å². The lowest BCUT2D eigenvalue weighted by Crippen LogP contribution is -2.49. The second-order valence-corrected chi connectivity index (χ2v) is 6.54. The Balaban J connectivity index is 1.42. The molecule has 0 aromatic carbocycles. The lowest BCUT2D eigenvalue weighted by atomic mass is 10.2. The molecule has 134 valence electrons. The van der Waals surface area contributed by atoms with Crippen molar-refractivity contribution in [2.75, 3.05) is 46.4 Å². The summed E-state index contributed by atoms with van der Waals surface area (Å²) >= 11 is 0. The second-order valence-electron chi connectivity index (χ2n) is 6.54. The predicted octanol–water partition coefficient (Wildman–Crippen LogP) is -0.438. The van der Waals surface area contributed by atoms with Crippen LogP contribution in [0.3, 0.4) is 0 Å². The lowest BCUT2D eigenvalue weighted by Gasteiger charge is -2.34. The minimum absolute atomic E-state index is 0.0414. The first kappa shape index (κ1) is 17.2. The lowest BCUT2D eigenvalue weighted by molar-refractivity contribution is -0.136. The van der Waals surface area contributed by atoms with Crippen molar-refractivity contribution >= 4 is 5.91 Å². The van der Waals surface area contributed by atoms with Crippen LogP contribution in [0.4, 0.5) is 0 Å². The maximum absolute atomic E-state index is 12.3. The first-order valence-electron chi connectivity index (χ1n) is 8.84. The summed E-state index contributed by atoms with van der Waals surface area (Å²) in [7, 11) is 1.55. The number of hydrogen-bond donors (Lipinski definition) is 0. The smallest absolute Gasteiger partial charge is 0.345 e. The van der Waals surface area contributed by atoms with E-state index >= 15 is 0 Å². The molecular formula is C16H27N5O3. The van der Waals surface area contributed by atoms with Crippen molar-refractivity contribution < 1.29 is 9.53 Å². The molecule has 1 fully saturated rings. The molecule has 1 aromatic rings. The Morgan fingerprint density at radius 2 is 1.92 bits per heavy atom. The van der Waals surface area contributed by atoms with E-state index in [9.17, 15) is 9.59 Å². The van der Waals surface area contributed by atoms with Gasteiger partial charge in [0.25, 0.3) is 0 Å². The van der Waals surface area contributed by atoms with Crippen molar-refractivity contribution in [3.63, 3.8) is 0 Å². The molecule has 8 heteroatoms. The van der Waals surface area contributed by atoms with Gasteiger partial charge in [0.1, 0.15) is 12.4 Å². The minimum Gasteiger partial charge on any atom is -0.375 e. The molecule has 1 saturated heterocycles. The molecule has 0 N–H and O–H groups in total. The number of hydrogen-bond acceptors (Lipinski definition) is 5. The minimum atomic E-state index is 0.0414. The van der Waals surface area contributed by atoms with Crippen LogP contribution in [0.25, 0.3) is 0 Å². The zero-order valence-electron chi connectivity index (χ0n) is 14.4. The molecule has 0 unspecified atom stereocenters. The van der Waals surface area contributed by atoms with Gasteiger partial charge >= 0.3 is 5.69 Å². The summed E-state index contributed by atoms with van der Waals surface area (Å²) in [5.74, 6) is 1.00. The van der Waals surface area contributed by atoms with Gasteiger partial charge in [-0.3, -0.25) is 14.3 Å². The number of methoxy groups -OCH3 is 1. The van der Waals surface area contributed by atoms with Gasteiger partial charge in [-0.1, -0.05) is 0 Å². The van der Waals surface area contributed by atoms with Crippen molar-refractivity contribution in [1.29, 1.82) is 0 Å². The van der Waals surface area contributed by atoms with E-state index in [2.05, 4.69) is 10.00 Å². The molecule has 0 aliphatic carbocycles. The summed E-state index contributed by atoms with van der Waals surface area (Å²) in [5, 5.41) is 4.47. The number of rotatable bonds is 6. The normalized spacial score (nSPS) is 18.6. The van der Waals surface area contributed by atoms with Crippen molar-refractivity contribution in [2.24, 2.45) is 0 Å².